The number of carbonyl (C=O) groups excluding carboxylic acids is 3. The summed E-state index contributed by atoms with van der Waals surface area (Å²) in [4.78, 5) is 38.1. The van der Waals surface area contributed by atoms with Gasteiger partial charge >= 0.3 is 6.09 Å². The molecule has 2 heterocycles. The van der Waals surface area contributed by atoms with Crippen LogP contribution in [-0.4, -0.2) is 73.4 Å². The Labute approximate surface area is 160 Å². The van der Waals surface area contributed by atoms with Crippen molar-refractivity contribution < 1.29 is 28.0 Å². The Hall–Kier alpha value is -2.91. The number of anilines is 1. The molecule has 0 saturated carbocycles. The molecule has 28 heavy (non-hydrogen) atoms. The monoisotopic (exact) mass is 396 g/mol. The predicted molar refractivity (Wildman–Crippen MR) is 95.9 cm³/mol. The smallest absolute Gasteiger partial charge is 0.439 e. The molecule has 1 N–H and O–H groups in total. The van der Waals surface area contributed by atoms with Crippen LogP contribution in [-0.2, 0) is 14.3 Å². The summed E-state index contributed by atoms with van der Waals surface area (Å²) in [6, 6.07) is 5.82. The molecule has 0 bridgehead atoms. The van der Waals surface area contributed by atoms with E-state index < -0.39 is 24.9 Å². The lowest BCUT2D eigenvalue weighted by atomic mass is 10.0. The SMILES string of the molecule is CC(=O)NCC1OC(=O)N(F)C1c1ccc(N2CCN(CCF)C(=O)C2)cc1. The quantitative estimate of drug-likeness (QED) is 0.731. The third kappa shape index (κ3) is 4.15. The summed E-state index contributed by atoms with van der Waals surface area (Å²) in [5.41, 5.74) is 1.28. The minimum atomic E-state index is -1.10. The van der Waals surface area contributed by atoms with Gasteiger partial charge < -0.3 is 19.9 Å². The molecule has 2 aliphatic rings. The van der Waals surface area contributed by atoms with Crippen molar-refractivity contribution in [2.24, 2.45) is 0 Å². The van der Waals surface area contributed by atoms with Gasteiger partial charge in [-0.15, -0.1) is 5.12 Å². The third-order valence-corrected chi connectivity index (χ3v) is 4.85. The number of amides is 3. The number of alkyl halides is 1. The highest BCUT2D eigenvalue weighted by atomic mass is 19.2. The molecule has 0 radical (unpaired) electrons. The number of benzene rings is 1. The highest BCUT2D eigenvalue weighted by Gasteiger charge is 2.43. The van der Waals surface area contributed by atoms with Crippen LogP contribution in [0.2, 0.25) is 0 Å². The number of piperazine rings is 1. The van der Waals surface area contributed by atoms with Gasteiger partial charge in [-0.05, 0) is 17.7 Å². The van der Waals surface area contributed by atoms with E-state index in [9.17, 15) is 23.3 Å². The molecule has 1 aromatic rings. The lowest BCUT2D eigenvalue weighted by Crippen LogP contribution is -2.51. The summed E-state index contributed by atoms with van der Waals surface area (Å²) in [5, 5.41) is 2.54. The van der Waals surface area contributed by atoms with Gasteiger partial charge in [-0.2, -0.15) is 0 Å². The molecule has 8 nitrogen and oxygen atoms in total. The molecule has 2 aliphatic heterocycles. The Morgan fingerprint density at radius 3 is 2.57 bits per heavy atom. The summed E-state index contributed by atoms with van der Waals surface area (Å²) in [6.07, 6.45) is -1.95. The molecule has 0 aliphatic carbocycles. The van der Waals surface area contributed by atoms with Crippen LogP contribution in [0.15, 0.2) is 24.3 Å². The number of cyclic esters (lactones) is 1. The Morgan fingerprint density at radius 1 is 1.25 bits per heavy atom. The van der Waals surface area contributed by atoms with Crippen LogP contribution in [0.3, 0.4) is 0 Å². The standard InChI is InChI=1S/C18H22F2N4O4/c1-12(25)21-10-15-17(24(20)18(27)28-15)13-2-4-14(5-3-13)23-9-8-22(7-6-19)16(26)11-23/h2-5,15,17H,6-11H2,1H3,(H,21,25). The number of nitrogens with zero attached hydrogens (tertiary/aromatic N) is 3. The molecule has 0 aromatic heterocycles. The number of halogens is 2. The van der Waals surface area contributed by atoms with Gasteiger partial charge in [0.2, 0.25) is 11.8 Å². The lowest BCUT2D eigenvalue weighted by molar-refractivity contribution is -0.131. The first-order valence-corrected chi connectivity index (χ1v) is 8.99. The predicted octanol–water partition coefficient (Wildman–Crippen LogP) is 1.19. The summed E-state index contributed by atoms with van der Waals surface area (Å²) < 4.78 is 31.7. The summed E-state index contributed by atoms with van der Waals surface area (Å²) >= 11 is 0. The molecule has 3 amide bonds. The Kier molecular flexibility index (Phi) is 5.96. The molecule has 152 valence electrons. The summed E-state index contributed by atoms with van der Waals surface area (Å²) in [5.74, 6) is -0.452. The first kappa shape index (κ1) is 19.8. The van der Waals surface area contributed by atoms with Crippen LogP contribution >= 0.6 is 0 Å². The van der Waals surface area contributed by atoms with Gasteiger partial charge in [0.25, 0.3) is 0 Å². The topological polar surface area (TPSA) is 82.2 Å². The first-order valence-electron chi connectivity index (χ1n) is 8.99. The zero-order chi connectivity index (χ0) is 20.3. The molecule has 1 aromatic carbocycles. The molecule has 0 spiro atoms. The van der Waals surface area contributed by atoms with Crippen molar-refractivity contribution in [2.45, 2.75) is 19.1 Å². The molecule has 2 saturated heterocycles. The largest absolute Gasteiger partial charge is 0.440 e. The van der Waals surface area contributed by atoms with E-state index in [1.165, 1.54) is 11.8 Å². The Bertz CT molecular complexity index is 746. The van der Waals surface area contributed by atoms with Crippen molar-refractivity contribution in [1.82, 2.24) is 15.3 Å². The number of rotatable bonds is 6. The van der Waals surface area contributed by atoms with Gasteiger partial charge in [0, 0.05) is 32.2 Å². The molecule has 2 unspecified atom stereocenters. The third-order valence-electron chi connectivity index (χ3n) is 4.85. The zero-order valence-electron chi connectivity index (χ0n) is 15.4. The van der Waals surface area contributed by atoms with E-state index in [4.69, 9.17) is 4.74 Å². The van der Waals surface area contributed by atoms with Gasteiger partial charge in [-0.1, -0.05) is 16.6 Å². The van der Waals surface area contributed by atoms with E-state index in [1.54, 1.807) is 24.3 Å². The first-order chi connectivity index (χ1) is 13.4. The average molecular weight is 396 g/mol. The van der Waals surface area contributed by atoms with E-state index >= 15 is 0 Å². The van der Waals surface area contributed by atoms with Crippen molar-refractivity contribution in [2.75, 3.05) is 44.3 Å². The van der Waals surface area contributed by atoms with Crippen LogP contribution in [0.25, 0.3) is 0 Å². The highest BCUT2D eigenvalue weighted by Crippen LogP contribution is 2.34. The molecule has 2 atom stereocenters. The fraction of sp³-hybridized carbons (Fsp3) is 0.500. The molecule has 3 rings (SSSR count). The fourth-order valence-corrected chi connectivity index (χ4v) is 3.40. The van der Waals surface area contributed by atoms with Crippen molar-refractivity contribution in [3.63, 3.8) is 0 Å². The number of nitrogens with one attached hydrogen (secondary N) is 1. The van der Waals surface area contributed by atoms with Gasteiger partial charge in [0.15, 0.2) is 0 Å². The van der Waals surface area contributed by atoms with E-state index in [-0.39, 0.29) is 36.6 Å². The minimum absolute atomic E-state index is 0.00105. The number of ether oxygens (including phenoxy) is 1. The van der Waals surface area contributed by atoms with Crippen LogP contribution < -0.4 is 10.2 Å². The van der Waals surface area contributed by atoms with E-state index in [0.717, 1.165) is 5.69 Å². The van der Waals surface area contributed by atoms with Gasteiger partial charge in [0.1, 0.15) is 18.8 Å². The second-order valence-corrected chi connectivity index (χ2v) is 6.70. The zero-order valence-corrected chi connectivity index (χ0v) is 15.4. The summed E-state index contributed by atoms with van der Waals surface area (Å²) in [7, 11) is 0. The van der Waals surface area contributed by atoms with Gasteiger partial charge in [-0.25, -0.2) is 9.18 Å². The van der Waals surface area contributed by atoms with Crippen LogP contribution in [0.4, 0.5) is 19.4 Å². The normalized spacial score (nSPS) is 22.5. The Morgan fingerprint density at radius 2 is 1.96 bits per heavy atom. The van der Waals surface area contributed by atoms with E-state index in [1.807, 2.05) is 4.90 Å². The molecular weight excluding hydrogens is 374 g/mol. The van der Waals surface area contributed by atoms with Gasteiger partial charge in [0.05, 0.1) is 13.1 Å². The van der Waals surface area contributed by atoms with Crippen molar-refractivity contribution >= 4 is 23.6 Å². The van der Waals surface area contributed by atoms with E-state index in [2.05, 4.69) is 5.32 Å². The molecule has 10 heteroatoms. The maximum atomic E-state index is 14.2. The fourth-order valence-electron chi connectivity index (χ4n) is 3.40. The molecule has 2 fully saturated rings. The maximum Gasteiger partial charge on any atom is 0.439 e. The second-order valence-electron chi connectivity index (χ2n) is 6.70. The number of carbonyl (C=O) groups is 3. The Balaban J connectivity index is 1.70. The second kappa shape index (κ2) is 8.41. The van der Waals surface area contributed by atoms with Crippen LogP contribution in [0.5, 0.6) is 0 Å². The number of hydrogen-bond donors (Lipinski definition) is 1. The van der Waals surface area contributed by atoms with Crippen molar-refractivity contribution in [3.8, 4) is 0 Å². The van der Waals surface area contributed by atoms with Gasteiger partial charge in [-0.3, -0.25) is 9.59 Å². The minimum Gasteiger partial charge on any atom is -0.440 e. The summed E-state index contributed by atoms with van der Waals surface area (Å²) in [6.45, 7) is 2.00. The number of hydrogen-bond acceptors (Lipinski definition) is 5. The van der Waals surface area contributed by atoms with Crippen molar-refractivity contribution in [1.29, 1.82) is 0 Å². The highest BCUT2D eigenvalue weighted by molar-refractivity contribution is 5.83. The van der Waals surface area contributed by atoms with Crippen LogP contribution in [0.1, 0.15) is 18.5 Å². The lowest BCUT2D eigenvalue weighted by Gasteiger charge is -2.35. The maximum absolute atomic E-state index is 14.2. The van der Waals surface area contributed by atoms with E-state index in [0.29, 0.717) is 18.7 Å². The van der Waals surface area contributed by atoms with Crippen LogP contribution in [0, 0.1) is 0 Å². The van der Waals surface area contributed by atoms with Crippen molar-refractivity contribution in [3.05, 3.63) is 29.8 Å². The molecular formula is C18H22F2N4O4. The average Bonchev–Trinajstić information content (AvgIpc) is 2.96.